The van der Waals surface area contributed by atoms with E-state index in [1.165, 1.54) is 0 Å². The molecule has 10 heavy (non-hydrogen) atoms. The van der Waals surface area contributed by atoms with Crippen molar-refractivity contribution in [2.24, 2.45) is 0 Å². The molecule has 1 aliphatic rings. The number of nitrogens with zero attached hydrogens (tertiary/aromatic N) is 1. The van der Waals surface area contributed by atoms with Crippen molar-refractivity contribution in [1.82, 2.24) is 4.90 Å². The molecule has 0 spiro atoms. The van der Waals surface area contributed by atoms with Crippen LogP contribution in [0.2, 0.25) is 0 Å². The van der Waals surface area contributed by atoms with E-state index in [0.29, 0.717) is 6.10 Å². The van der Waals surface area contributed by atoms with Gasteiger partial charge in [0, 0.05) is 20.2 Å². The summed E-state index contributed by atoms with van der Waals surface area (Å²) in [6.45, 7) is 1.70. The minimum absolute atomic E-state index is 0.371. The van der Waals surface area contributed by atoms with Crippen LogP contribution < -0.4 is 0 Å². The Morgan fingerprint density at radius 3 is 2.50 bits per heavy atom. The lowest BCUT2D eigenvalue weighted by Crippen LogP contribution is -2.35. The van der Waals surface area contributed by atoms with Crippen molar-refractivity contribution in [3.05, 3.63) is 0 Å². The molecule has 1 aliphatic heterocycles. The summed E-state index contributed by atoms with van der Waals surface area (Å²) in [6, 6.07) is 0. The number of ether oxygens (including phenoxy) is 1. The summed E-state index contributed by atoms with van der Waals surface area (Å²) in [7, 11) is 1.72. The highest BCUT2D eigenvalue weighted by Gasteiger charge is 2.16. The number of carbonyl (C=O) groups excluding carboxylic acids is 1. The number of hydrogen-bond donors (Lipinski definition) is 0. The van der Waals surface area contributed by atoms with Crippen molar-refractivity contribution < 1.29 is 9.53 Å². The van der Waals surface area contributed by atoms with E-state index in [2.05, 4.69) is 0 Å². The number of likely N-dealkylation sites (tertiary alicyclic amines) is 1. The molecule has 1 saturated heterocycles. The van der Waals surface area contributed by atoms with E-state index in [-0.39, 0.29) is 0 Å². The SMILES string of the molecule is COC1CCN(C=O)CC1. The van der Waals surface area contributed by atoms with Crippen LogP contribution in [0, 0.1) is 0 Å². The minimum atomic E-state index is 0.371. The van der Waals surface area contributed by atoms with Gasteiger partial charge >= 0.3 is 0 Å². The Bertz CT molecular complexity index is 108. The van der Waals surface area contributed by atoms with Gasteiger partial charge in [0.15, 0.2) is 0 Å². The van der Waals surface area contributed by atoms with Crippen LogP contribution in [0.25, 0.3) is 0 Å². The molecule has 0 aromatic heterocycles. The zero-order valence-electron chi connectivity index (χ0n) is 6.25. The van der Waals surface area contributed by atoms with Gasteiger partial charge in [-0.3, -0.25) is 4.79 Å². The lowest BCUT2D eigenvalue weighted by molar-refractivity contribution is -0.120. The lowest BCUT2D eigenvalue weighted by Gasteiger charge is -2.27. The van der Waals surface area contributed by atoms with Crippen LogP contribution >= 0.6 is 0 Å². The summed E-state index contributed by atoms with van der Waals surface area (Å²) >= 11 is 0. The van der Waals surface area contributed by atoms with E-state index in [9.17, 15) is 4.79 Å². The molecule has 0 bridgehead atoms. The molecule has 0 atom stereocenters. The Hall–Kier alpha value is -0.570. The largest absolute Gasteiger partial charge is 0.381 e. The molecule has 58 valence electrons. The molecule has 0 N–H and O–H groups in total. The van der Waals surface area contributed by atoms with Crippen LogP contribution in [-0.4, -0.2) is 37.6 Å². The quantitative estimate of drug-likeness (QED) is 0.519. The molecule has 0 saturated carbocycles. The Morgan fingerprint density at radius 1 is 1.50 bits per heavy atom. The second-order valence-electron chi connectivity index (χ2n) is 2.58. The fourth-order valence-electron chi connectivity index (χ4n) is 1.22. The standard InChI is InChI=1S/C7H13NO2/c1-10-7-2-4-8(6-9)5-3-7/h6-7H,2-5H2,1H3. The first-order valence-electron chi connectivity index (χ1n) is 3.59. The van der Waals surface area contributed by atoms with Gasteiger partial charge in [0.25, 0.3) is 0 Å². The number of rotatable bonds is 2. The van der Waals surface area contributed by atoms with Crippen LogP contribution in [0.1, 0.15) is 12.8 Å². The highest BCUT2D eigenvalue weighted by molar-refractivity contribution is 5.47. The number of hydrogen-bond acceptors (Lipinski definition) is 2. The Balaban J connectivity index is 2.23. The second-order valence-corrected chi connectivity index (χ2v) is 2.58. The van der Waals surface area contributed by atoms with Gasteiger partial charge in [-0.05, 0) is 12.8 Å². The summed E-state index contributed by atoms with van der Waals surface area (Å²) in [5.41, 5.74) is 0. The van der Waals surface area contributed by atoms with Crippen LogP contribution in [0.5, 0.6) is 0 Å². The van der Waals surface area contributed by atoms with E-state index in [0.717, 1.165) is 32.3 Å². The van der Waals surface area contributed by atoms with Crippen molar-refractivity contribution in [2.45, 2.75) is 18.9 Å². The van der Waals surface area contributed by atoms with E-state index in [1.54, 1.807) is 12.0 Å². The molecule has 3 heteroatoms. The van der Waals surface area contributed by atoms with Gasteiger partial charge < -0.3 is 9.64 Å². The average Bonchev–Trinajstić information content (AvgIpc) is 2.05. The second kappa shape index (κ2) is 3.56. The zero-order valence-corrected chi connectivity index (χ0v) is 6.25. The van der Waals surface area contributed by atoms with Crippen molar-refractivity contribution in [3.8, 4) is 0 Å². The van der Waals surface area contributed by atoms with Crippen LogP contribution in [0.15, 0.2) is 0 Å². The van der Waals surface area contributed by atoms with E-state index in [4.69, 9.17) is 4.74 Å². The molecule has 0 unspecified atom stereocenters. The van der Waals surface area contributed by atoms with Gasteiger partial charge in [0.1, 0.15) is 0 Å². The van der Waals surface area contributed by atoms with Crippen molar-refractivity contribution in [2.75, 3.05) is 20.2 Å². The predicted octanol–water partition coefficient (Wildman–Crippen LogP) is 0.254. The van der Waals surface area contributed by atoms with Gasteiger partial charge in [-0.15, -0.1) is 0 Å². The van der Waals surface area contributed by atoms with Crippen LogP contribution in [0.3, 0.4) is 0 Å². The molecule has 1 fully saturated rings. The van der Waals surface area contributed by atoms with Crippen LogP contribution in [-0.2, 0) is 9.53 Å². The first kappa shape index (κ1) is 7.54. The molecule has 0 radical (unpaired) electrons. The van der Waals surface area contributed by atoms with Gasteiger partial charge in [-0.25, -0.2) is 0 Å². The highest BCUT2D eigenvalue weighted by atomic mass is 16.5. The molecule has 1 amide bonds. The predicted molar refractivity (Wildman–Crippen MR) is 37.7 cm³/mol. The maximum atomic E-state index is 10.2. The van der Waals surface area contributed by atoms with Crippen molar-refractivity contribution in [3.63, 3.8) is 0 Å². The van der Waals surface area contributed by atoms with Crippen molar-refractivity contribution in [1.29, 1.82) is 0 Å². The van der Waals surface area contributed by atoms with E-state index in [1.807, 2.05) is 0 Å². The summed E-state index contributed by atoms with van der Waals surface area (Å²) in [6.07, 6.45) is 3.24. The van der Waals surface area contributed by atoms with Crippen LogP contribution in [0.4, 0.5) is 0 Å². The third-order valence-corrected chi connectivity index (χ3v) is 1.96. The normalized spacial score (nSPS) is 21.1. The van der Waals surface area contributed by atoms with Gasteiger partial charge in [-0.2, -0.15) is 0 Å². The maximum Gasteiger partial charge on any atom is 0.209 e. The fourth-order valence-corrected chi connectivity index (χ4v) is 1.22. The monoisotopic (exact) mass is 143 g/mol. The molecular formula is C7H13NO2. The Labute approximate surface area is 61.0 Å². The van der Waals surface area contributed by atoms with Gasteiger partial charge in [0.2, 0.25) is 6.41 Å². The van der Waals surface area contributed by atoms with Crippen molar-refractivity contribution >= 4 is 6.41 Å². The average molecular weight is 143 g/mol. The smallest absolute Gasteiger partial charge is 0.209 e. The summed E-state index contributed by atoms with van der Waals surface area (Å²) in [5.74, 6) is 0. The first-order valence-corrected chi connectivity index (χ1v) is 3.59. The number of carbonyl (C=O) groups is 1. The fraction of sp³-hybridized carbons (Fsp3) is 0.857. The third kappa shape index (κ3) is 1.70. The number of methoxy groups -OCH3 is 1. The molecule has 0 aromatic rings. The van der Waals surface area contributed by atoms with E-state index < -0.39 is 0 Å². The third-order valence-electron chi connectivity index (χ3n) is 1.96. The molecule has 1 rings (SSSR count). The van der Waals surface area contributed by atoms with Gasteiger partial charge in [0.05, 0.1) is 6.10 Å². The number of amides is 1. The zero-order chi connectivity index (χ0) is 7.40. The highest BCUT2D eigenvalue weighted by Crippen LogP contribution is 2.10. The summed E-state index contributed by atoms with van der Waals surface area (Å²) in [5, 5.41) is 0. The molecular weight excluding hydrogens is 130 g/mol. The first-order chi connectivity index (χ1) is 4.86. The lowest BCUT2D eigenvalue weighted by atomic mass is 10.1. The summed E-state index contributed by atoms with van der Waals surface area (Å²) in [4.78, 5) is 12.0. The molecule has 0 aromatic carbocycles. The molecule has 3 nitrogen and oxygen atoms in total. The Kier molecular flexibility index (Phi) is 2.68. The Morgan fingerprint density at radius 2 is 2.10 bits per heavy atom. The topological polar surface area (TPSA) is 29.5 Å². The van der Waals surface area contributed by atoms with Gasteiger partial charge in [-0.1, -0.05) is 0 Å². The molecule has 0 aliphatic carbocycles. The summed E-state index contributed by atoms with van der Waals surface area (Å²) < 4.78 is 5.14. The van der Waals surface area contributed by atoms with E-state index >= 15 is 0 Å². The molecule has 1 heterocycles. The minimum Gasteiger partial charge on any atom is -0.381 e. The maximum absolute atomic E-state index is 10.2. The number of piperidine rings is 1.